The largest absolute Gasteiger partial charge is 0.352 e. The molecular weight excluding hydrogens is 483 g/mol. The van der Waals surface area contributed by atoms with E-state index in [9.17, 15) is 4.79 Å². The van der Waals surface area contributed by atoms with Crippen molar-refractivity contribution in [3.63, 3.8) is 0 Å². The highest BCUT2D eigenvalue weighted by Crippen LogP contribution is 2.27. The monoisotopic (exact) mass is 512 g/mol. The van der Waals surface area contributed by atoms with Gasteiger partial charge in [0.25, 0.3) is 0 Å². The van der Waals surface area contributed by atoms with Crippen molar-refractivity contribution in [2.75, 3.05) is 13.6 Å². The molecule has 3 N–H and O–H groups in total. The van der Waals surface area contributed by atoms with E-state index in [0.717, 1.165) is 5.56 Å². The minimum atomic E-state index is -0.241. The molecule has 0 radical (unpaired) electrons. The zero-order chi connectivity index (χ0) is 19.7. The van der Waals surface area contributed by atoms with Crippen LogP contribution in [0.4, 0.5) is 0 Å². The fourth-order valence-corrected chi connectivity index (χ4v) is 3.17. The number of aliphatic imine (C=N–C) groups is 1. The maximum absolute atomic E-state index is 11.9. The minimum absolute atomic E-state index is 0. The third kappa shape index (κ3) is 9.45. The van der Waals surface area contributed by atoms with Gasteiger partial charge in [0.2, 0.25) is 5.91 Å². The highest BCUT2D eigenvalue weighted by molar-refractivity contribution is 14.0. The Labute approximate surface area is 189 Å². The van der Waals surface area contributed by atoms with Crippen molar-refractivity contribution in [1.29, 1.82) is 0 Å². The number of rotatable bonds is 6. The van der Waals surface area contributed by atoms with E-state index in [0.29, 0.717) is 12.5 Å². The molecule has 7 heteroatoms. The fraction of sp³-hybridized carbons (Fsp3) is 0.333. The zero-order valence-electron chi connectivity index (χ0n) is 16.8. The number of carbonyl (C=O) groups excluding carboxylic acids is 1. The van der Waals surface area contributed by atoms with Gasteiger partial charge in [-0.05, 0) is 50.6 Å². The lowest BCUT2D eigenvalue weighted by Crippen LogP contribution is -2.48. The third-order valence-corrected chi connectivity index (χ3v) is 4.53. The molecule has 0 fully saturated rings. The van der Waals surface area contributed by atoms with Gasteiger partial charge in [-0.15, -0.1) is 24.0 Å². The quantitative estimate of drug-likeness (QED) is 0.311. The Balaban J connectivity index is 0.00000392. The van der Waals surface area contributed by atoms with Crippen molar-refractivity contribution < 1.29 is 4.79 Å². The molecule has 0 aliphatic heterocycles. The number of benzene rings is 2. The SMILES string of the molecule is CN=C(NCC(=O)NC(C)(C)C)NCc1ccc(Sc2ccccc2)cc1.I. The molecule has 0 aliphatic carbocycles. The molecule has 2 rings (SSSR count). The van der Waals surface area contributed by atoms with Gasteiger partial charge in [-0.1, -0.05) is 42.1 Å². The zero-order valence-corrected chi connectivity index (χ0v) is 19.9. The van der Waals surface area contributed by atoms with Gasteiger partial charge in [0.15, 0.2) is 5.96 Å². The van der Waals surface area contributed by atoms with E-state index in [2.05, 4.69) is 57.3 Å². The topological polar surface area (TPSA) is 65.5 Å². The lowest BCUT2D eigenvalue weighted by Gasteiger charge is -2.21. The molecule has 0 bridgehead atoms. The molecule has 2 aromatic carbocycles. The van der Waals surface area contributed by atoms with Crippen LogP contribution >= 0.6 is 35.7 Å². The van der Waals surface area contributed by atoms with Gasteiger partial charge in [-0.3, -0.25) is 9.79 Å². The molecule has 1 amide bonds. The minimum Gasteiger partial charge on any atom is -0.352 e. The number of hydrogen-bond acceptors (Lipinski definition) is 3. The molecule has 0 aliphatic rings. The van der Waals surface area contributed by atoms with E-state index >= 15 is 0 Å². The van der Waals surface area contributed by atoms with E-state index in [1.165, 1.54) is 9.79 Å². The number of halogens is 1. The highest BCUT2D eigenvalue weighted by Gasteiger charge is 2.13. The Bertz CT molecular complexity index is 758. The van der Waals surface area contributed by atoms with E-state index in [-0.39, 0.29) is 42.0 Å². The van der Waals surface area contributed by atoms with Crippen molar-refractivity contribution in [1.82, 2.24) is 16.0 Å². The van der Waals surface area contributed by atoms with Crippen molar-refractivity contribution in [2.45, 2.75) is 42.6 Å². The second-order valence-corrected chi connectivity index (χ2v) is 8.28. The third-order valence-electron chi connectivity index (χ3n) is 3.52. The van der Waals surface area contributed by atoms with Crippen molar-refractivity contribution in [3.05, 3.63) is 60.2 Å². The lowest BCUT2D eigenvalue weighted by molar-refractivity contribution is -0.121. The van der Waals surface area contributed by atoms with Gasteiger partial charge in [0.1, 0.15) is 0 Å². The molecule has 0 aromatic heterocycles. The average molecular weight is 512 g/mol. The molecule has 5 nitrogen and oxygen atoms in total. The summed E-state index contributed by atoms with van der Waals surface area (Å²) in [7, 11) is 1.69. The predicted molar refractivity (Wildman–Crippen MR) is 129 cm³/mol. The molecule has 0 heterocycles. The van der Waals surface area contributed by atoms with Gasteiger partial charge in [-0.2, -0.15) is 0 Å². The molecular formula is C21H29IN4OS. The lowest BCUT2D eigenvalue weighted by atomic mass is 10.1. The fourth-order valence-electron chi connectivity index (χ4n) is 2.33. The molecule has 0 saturated heterocycles. The average Bonchev–Trinajstić information content (AvgIpc) is 2.62. The number of hydrogen-bond donors (Lipinski definition) is 3. The van der Waals surface area contributed by atoms with Crippen LogP contribution in [0.15, 0.2) is 69.4 Å². The van der Waals surface area contributed by atoms with E-state index in [1.54, 1.807) is 18.8 Å². The molecule has 0 saturated carbocycles. The Hall–Kier alpha value is -1.74. The Morgan fingerprint density at radius 2 is 1.57 bits per heavy atom. The number of amides is 1. The summed E-state index contributed by atoms with van der Waals surface area (Å²) < 4.78 is 0. The first-order valence-corrected chi connectivity index (χ1v) is 9.75. The second kappa shape index (κ2) is 12.0. The van der Waals surface area contributed by atoms with Crippen molar-refractivity contribution in [2.24, 2.45) is 4.99 Å². The van der Waals surface area contributed by atoms with E-state index in [4.69, 9.17) is 0 Å². The number of guanidine groups is 1. The molecule has 0 unspecified atom stereocenters. The Morgan fingerprint density at radius 1 is 0.964 bits per heavy atom. The van der Waals surface area contributed by atoms with Crippen LogP contribution < -0.4 is 16.0 Å². The van der Waals surface area contributed by atoms with Gasteiger partial charge in [-0.25, -0.2) is 0 Å². The molecule has 152 valence electrons. The molecule has 28 heavy (non-hydrogen) atoms. The van der Waals surface area contributed by atoms with E-state index < -0.39 is 0 Å². The summed E-state index contributed by atoms with van der Waals surface area (Å²) in [6, 6.07) is 18.7. The first-order valence-electron chi connectivity index (χ1n) is 8.93. The number of carbonyl (C=O) groups is 1. The normalized spacial score (nSPS) is 11.4. The van der Waals surface area contributed by atoms with Crippen LogP contribution in [0.25, 0.3) is 0 Å². The van der Waals surface area contributed by atoms with Crippen LogP contribution in [0, 0.1) is 0 Å². The van der Waals surface area contributed by atoms with E-state index in [1.807, 2.05) is 39.0 Å². The van der Waals surface area contributed by atoms with Gasteiger partial charge in [0, 0.05) is 28.9 Å². The van der Waals surface area contributed by atoms with Crippen molar-refractivity contribution >= 4 is 47.6 Å². The van der Waals surface area contributed by atoms with Gasteiger partial charge >= 0.3 is 0 Å². The summed E-state index contributed by atoms with van der Waals surface area (Å²) in [6.45, 7) is 6.69. The molecule has 0 spiro atoms. The number of nitrogens with one attached hydrogen (secondary N) is 3. The standard InChI is InChI=1S/C21H28N4OS.HI/c1-21(2,3)25-19(26)15-24-20(22-4)23-14-16-10-12-18(13-11-16)27-17-8-6-5-7-9-17;/h5-13H,14-15H2,1-4H3,(H,25,26)(H2,22,23,24);1H. The molecule has 0 atom stereocenters. The highest BCUT2D eigenvalue weighted by atomic mass is 127. The smallest absolute Gasteiger partial charge is 0.239 e. The Kier molecular flexibility index (Phi) is 10.4. The van der Waals surface area contributed by atoms with Gasteiger partial charge < -0.3 is 16.0 Å². The predicted octanol–water partition coefficient (Wildman–Crippen LogP) is 4.04. The maximum Gasteiger partial charge on any atom is 0.239 e. The Morgan fingerprint density at radius 3 is 2.14 bits per heavy atom. The summed E-state index contributed by atoms with van der Waals surface area (Å²) in [6.07, 6.45) is 0. The van der Waals surface area contributed by atoms with Crippen LogP contribution in [-0.2, 0) is 11.3 Å². The van der Waals surface area contributed by atoms with Crippen LogP contribution in [0.1, 0.15) is 26.3 Å². The van der Waals surface area contributed by atoms with Crippen molar-refractivity contribution in [3.8, 4) is 0 Å². The summed E-state index contributed by atoms with van der Waals surface area (Å²) in [5, 5.41) is 9.17. The molecule has 2 aromatic rings. The van der Waals surface area contributed by atoms with Crippen LogP contribution in [0.5, 0.6) is 0 Å². The number of nitrogens with zero attached hydrogens (tertiary/aromatic N) is 1. The van der Waals surface area contributed by atoms with Crippen LogP contribution in [0.2, 0.25) is 0 Å². The summed E-state index contributed by atoms with van der Waals surface area (Å²) in [5.74, 6) is 0.537. The van der Waals surface area contributed by atoms with Crippen LogP contribution in [0.3, 0.4) is 0 Å². The summed E-state index contributed by atoms with van der Waals surface area (Å²) in [4.78, 5) is 18.5. The second-order valence-electron chi connectivity index (χ2n) is 7.14. The van der Waals surface area contributed by atoms with Crippen LogP contribution in [-0.4, -0.2) is 31.0 Å². The van der Waals surface area contributed by atoms with Gasteiger partial charge in [0.05, 0.1) is 6.54 Å². The first-order chi connectivity index (χ1) is 12.9. The summed E-state index contributed by atoms with van der Waals surface area (Å²) >= 11 is 1.74. The summed E-state index contributed by atoms with van der Waals surface area (Å²) in [5.41, 5.74) is 0.907. The first kappa shape index (κ1) is 24.3. The maximum atomic E-state index is 11.9.